The van der Waals surface area contributed by atoms with Crippen LogP contribution in [0.2, 0.25) is 10.6 Å². The number of alkyl carbamates (subject to hydrolysis) is 1. The van der Waals surface area contributed by atoms with Gasteiger partial charge in [-0.1, -0.05) is 0 Å². The summed E-state index contributed by atoms with van der Waals surface area (Å²) in [6.45, 7) is 1.85. The van der Waals surface area contributed by atoms with Crippen LogP contribution in [0.3, 0.4) is 0 Å². The Kier molecular flexibility index (Phi) is 8.08. The molecule has 1 atom stereocenters. The molecule has 10 heteroatoms. The van der Waals surface area contributed by atoms with Crippen LogP contribution in [-0.2, 0) is 16.1 Å². The predicted octanol–water partition coefficient (Wildman–Crippen LogP) is 2.20. The zero-order valence-corrected chi connectivity index (χ0v) is 14.9. The molecule has 1 aromatic rings. The Morgan fingerprint density at radius 3 is 2.88 bits per heavy atom. The van der Waals surface area contributed by atoms with E-state index in [2.05, 4.69) is 15.3 Å². The van der Waals surface area contributed by atoms with Crippen LogP contribution in [0, 0.1) is 0 Å². The van der Waals surface area contributed by atoms with E-state index >= 15 is 0 Å². The van der Waals surface area contributed by atoms with Crippen LogP contribution in [0.5, 0.6) is 0 Å². The minimum absolute atomic E-state index is 0.00325. The molecule has 0 spiro atoms. The first-order valence-corrected chi connectivity index (χ1v) is 9.42. The van der Waals surface area contributed by atoms with Gasteiger partial charge in [0, 0.05) is 0 Å². The fourth-order valence-corrected chi connectivity index (χ4v) is 3.51. The van der Waals surface area contributed by atoms with Gasteiger partial charge in [0.25, 0.3) is 0 Å². The van der Waals surface area contributed by atoms with E-state index in [0.717, 1.165) is 0 Å². The van der Waals surface area contributed by atoms with Crippen LogP contribution in [0.1, 0.15) is 12.5 Å². The average Bonchev–Trinajstić information content (AvgIpc) is 2.53. The van der Waals surface area contributed by atoms with Gasteiger partial charge >= 0.3 is 145 Å². The molecule has 9 nitrogen and oxygen atoms in total. The van der Waals surface area contributed by atoms with E-state index in [-0.39, 0.29) is 21.6 Å². The second-order valence-electron chi connectivity index (χ2n) is 5.10. The number of amides is 1. The fraction of sp³-hybridized carbons (Fsp3) is 0.429. The molecule has 0 saturated heterocycles. The number of carboxylic acid groups (broad SMARTS) is 1. The Balaban J connectivity index is 2.28. The molecule has 0 aliphatic heterocycles. The predicted molar refractivity (Wildman–Crippen MR) is 89.0 cm³/mol. The van der Waals surface area contributed by atoms with E-state index in [4.69, 9.17) is 21.1 Å². The summed E-state index contributed by atoms with van der Waals surface area (Å²) in [5.74, 6) is -1.03. The van der Waals surface area contributed by atoms with Crippen LogP contribution < -0.4 is 11.1 Å². The van der Waals surface area contributed by atoms with Gasteiger partial charge in [-0.15, -0.1) is 0 Å². The summed E-state index contributed by atoms with van der Waals surface area (Å²) in [6, 6.07) is 6.80. The number of nitrogens with one attached hydrogen (secondary N) is 1. The summed E-state index contributed by atoms with van der Waals surface area (Å²) < 4.78 is 5.06. The van der Waals surface area contributed by atoms with E-state index in [1.807, 2.05) is 0 Å². The number of benzene rings is 1. The molecule has 24 heavy (non-hydrogen) atoms. The zero-order valence-electron chi connectivity index (χ0n) is 13.1. The van der Waals surface area contributed by atoms with Crippen LogP contribution in [0.25, 0.3) is 10.4 Å². The van der Waals surface area contributed by atoms with E-state index in [0.29, 0.717) is 28.4 Å². The van der Waals surface area contributed by atoms with Crippen LogP contribution in [0.15, 0.2) is 29.4 Å². The topological polar surface area (TPSA) is 150 Å². The first-order chi connectivity index (χ1) is 11.4. The second kappa shape index (κ2) is 9.79. The third-order valence-corrected chi connectivity index (χ3v) is 5.63. The summed E-state index contributed by atoms with van der Waals surface area (Å²) in [7, 11) is 0. The molecule has 1 amide bonds. The van der Waals surface area contributed by atoms with E-state index in [1.54, 1.807) is 24.3 Å². The molecule has 0 fully saturated rings. The van der Waals surface area contributed by atoms with Crippen molar-refractivity contribution in [2.24, 2.45) is 10.8 Å². The van der Waals surface area contributed by atoms with Crippen molar-refractivity contribution in [1.82, 2.24) is 5.32 Å². The quantitative estimate of drug-likeness (QED) is 0.191. The first-order valence-electron chi connectivity index (χ1n) is 7.00. The molecule has 0 aromatic heterocycles. The minimum atomic E-state index is -1.23. The molecular weight excluding hydrogens is 381 g/mol. The van der Waals surface area contributed by atoms with Crippen molar-refractivity contribution < 1.29 is 19.4 Å². The molecule has 0 heterocycles. The number of azide groups is 1. The second-order valence-corrected chi connectivity index (χ2v) is 7.42. The zero-order chi connectivity index (χ0) is 18.0. The van der Waals surface area contributed by atoms with Crippen molar-refractivity contribution in [1.29, 1.82) is 0 Å². The normalized spacial score (nSPS) is 12.6. The number of carbonyl (C=O) groups excluding carboxylic acids is 1. The monoisotopic (exact) mass is 401 g/mol. The third-order valence-electron chi connectivity index (χ3n) is 2.91. The van der Waals surface area contributed by atoms with Crippen LogP contribution in [-0.4, -0.2) is 44.2 Å². The number of rotatable bonds is 9. The van der Waals surface area contributed by atoms with Gasteiger partial charge in [0.2, 0.25) is 0 Å². The molecule has 1 aromatic carbocycles. The molecule has 0 bridgehead atoms. The van der Waals surface area contributed by atoms with E-state index < -0.39 is 17.6 Å². The standard InChI is InChI=1S/C14H19N5O4Se/c1-14(15,12(20)21)9-24-7-6-17-13(22)23-8-10-4-2-3-5-11(10)18-19-16/h2-5H,6-9,15H2,1H3,(H,17,22)(H,20,21)/t14-/m0/s1. The summed E-state index contributed by atoms with van der Waals surface area (Å²) in [5, 5.41) is 16.0. The molecule has 0 aliphatic rings. The van der Waals surface area contributed by atoms with Gasteiger partial charge in [0.05, 0.1) is 0 Å². The summed E-state index contributed by atoms with van der Waals surface area (Å²) in [4.78, 5) is 25.2. The summed E-state index contributed by atoms with van der Waals surface area (Å²) in [6.07, 6.45) is -0.588. The Morgan fingerprint density at radius 2 is 2.21 bits per heavy atom. The number of aliphatic carboxylic acids is 1. The van der Waals surface area contributed by atoms with Gasteiger partial charge < -0.3 is 0 Å². The number of hydrogen-bond acceptors (Lipinski definition) is 5. The number of nitrogens with zero attached hydrogens (tertiary/aromatic N) is 3. The summed E-state index contributed by atoms with van der Waals surface area (Å²) >= 11 is 0.00325. The van der Waals surface area contributed by atoms with Crippen LogP contribution in [0.4, 0.5) is 10.5 Å². The number of ether oxygens (including phenoxy) is 1. The van der Waals surface area contributed by atoms with Gasteiger partial charge in [0.1, 0.15) is 0 Å². The van der Waals surface area contributed by atoms with Gasteiger partial charge in [-0.25, -0.2) is 0 Å². The van der Waals surface area contributed by atoms with Crippen molar-refractivity contribution in [3.63, 3.8) is 0 Å². The van der Waals surface area contributed by atoms with Crippen molar-refractivity contribution in [2.75, 3.05) is 6.54 Å². The van der Waals surface area contributed by atoms with Gasteiger partial charge in [0.15, 0.2) is 0 Å². The van der Waals surface area contributed by atoms with E-state index in [1.165, 1.54) is 6.92 Å². The van der Waals surface area contributed by atoms with Crippen molar-refractivity contribution in [3.05, 3.63) is 40.3 Å². The molecule has 0 unspecified atom stereocenters. The Hall–Kier alpha value is -2.25. The molecule has 130 valence electrons. The number of nitrogens with two attached hydrogens (primary N) is 1. The molecular formula is C14H19N5O4Se. The Labute approximate surface area is 145 Å². The van der Waals surface area contributed by atoms with Gasteiger partial charge in [-0.3, -0.25) is 0 Å². The fourth-order valence-electron chi connectivity index (χ4n) is 1.54. The Morgan fingerprint density at radius 1 is 1.50 bits per heavy atom. The molecule has 0 radical (unpaired) electrons. The van der Waals surface area contributed by atoms with Crippen molar-refractivity contribution >= 4 is 32.7 Å². The van der Waals surface area contributed by atoms with Crippen molar-refractivity contribution in [3.8, 4) is 0 Å². The summed E-state index contributed by atoms with van der Waals surface area (Å²) in [5.41, 5.74) is 13.9. The molecule has 0 saturated carbocycles. The maximum atomic E-state index is 11.6. The van der Waals surface area contributed by atoms with E-state index in [9.17, 15) is 9.59 Å². The maximum absolute atomic E-state index is 11.6. The Bertz CT molecular complexity index is 631. The number of carboxylic acids is 1. The molecule has 4 N–H and O–H groups in total. The molecule has 0 aliphatic carbocycles. The number of carbonyl (C=O) groups is 2. The van der Waals surface area contributed by atoms with Gasteiger partial charge in [-0.2, -0.15) is 0 Å². The van der Waals surface area contributed by atoms with Crippen molar-refractivity contribution in [2.45, 2.75) is 29.7 Å². The van der Waals surface area contributed by atoms with Gasteiger partial charge in [-0.05, 0) is 0 Å². The third kappa shape index (κ3) is 6.89. The first kappa shape index (κ1) is 19.8. The SMILES string of the molecule is C[C@](N)(C[Se]CCNC(=O)OCc1ccccc1N=[N+]=[N-])C(=O)O. The van der Waals surface area contributed by atoms with Crippen LogP contribution >= 0.6 is 0 Å². The average molecular weight is 400 g/mol. The number of hydrogen-bond donors (Lipinski definition) is 3. The molecule has 1 rings (SSSR count).